The molecule has 1 atom stereocenters. The zero-order valence-electron chi connectivity index (χ0n) is 19.6. The van der Waals surface area contributed by atoms with Crippen molar-refractivity contribution in [1.82, 2.24) is 25.2 Å². The maximum Gasteiger partial charge on any atom is 0.239 e. The number of piperazine rings is 1. The molecule has 1 unspecified atom stereocenters. The normalized spacial score (nSPS) is 18.6. The summed E-state index contributed by atoms with van der Waals surface area (Å²) in [6.45, 7) is 7.96. The number of aryl methyl sites for hydroxylation is 1. The number of carbonyl (C=O) groups is 2. The Kier molecular flexibility index (Phi) is 8.55. The van der Waals surface area contributed by atoms with Crippen LogP contribution in [-0.2, 0) is 9.59 Å². The summed E-state index contributed by atoms with van der Waals surface area (Å²) >= 11 is 6.48. The highest BCUT2D eigenvalue weighted by molar-refractivity contribution is 6.31. The molecule has 0 radical (unpaired) electrons. The summed E-state index contributed by atoms with van der Waals surface area (Å²) in [5, 5.41) is 10.4. The van der Waals surface area contributed by atoms with E-state index in [1.807, 2.05) is 18.2 Å². The van der Waals surface area contributed by atoms with Gasteiger partial charge in [-0.1, -0.05) is 35.0 Å². The molecule has 2 saturated heterocycles. The Morgan fingerprint density at radius 1 is 1.03 bits per heavy atom. The molecule has 0 bridgehead atoms. The monoisotopic (exact) mass is 488 g/mol. The Labute approximate surface area is 205 Å². The van der Waals surface area contributed by atoms with E-state index in [9.17, 15) is 9.59 Å². The van der Waals surface area contributed by atoms with Crippen LogP contribution >= 0.6 is 11.6 Å². The SMILES string of the molecule is Cc1cc(NC(=O)CN2CCN(CC(=O)NCC(c3ccccc3Cl)N3CCCC3)CC2)no1. The molecule has 0 saturated carbocycles. The van der Waals surface area contributed by atoms with Gasteiger partial charge in [-0.2, -0.15) is 0 Å². The number of nitrogens with one attached hydrogen (secondary N) is 2. The standard InChI is InChI=1S/C24H33ClN6O3/c1-18-14-22(28-34-18)27-24(33)17-30-12-10-29(11-13-30)16-23(32)26-15-21(31-8-4-5-9-31)19-6-2-3-7-20(19)25/h2-3,6-7,14,21H,4-5,8-13,15-17H2,1H3,(H,26,32)(H,27,28,33). The summed E-state index contributed by atoms with van der Waals surface area (Å²) in [4.78, 5) is 31.6. The van der Waals surface area contributed by atoms with E-state index in [0.29, 0.717) is 31.2 Å². The molecule has 0 spiro atoms. The molecule has 1 aromatic carbocycles. The molecule has 2 fully saturated rings. The summed E-state index contributed by atoms with van der Waals surface area (Å²) in [6, 6.07) is 9.67. The fourth-order valence-corrected chi connectivity index (χ4v) is 4.88. The van der Waals surface area contributed by atoms with Crippen LogP contribution in [0.2, 0.25) is 5.02 Å². The molecule has 4 rings (SSSR count). The van der Waals surface area contributed by atoms with Gasteiger partial charge in [0, 0.05) is 43.8 Å². The van der Waals surface area contributed by atoms with Crippen molar-refractivity contribution in [2.75, 3.05) is 64.2 Å². The van der Waals surface area contributed by atoms with E-state index in [-0.39, 0.29) is 17.9 Å². The van der Waals surface area contributed by atoms with Gasteiger partial charge in [0.2, 0.25) is 11.8 Å². The van der Waals surface area contributed by atoms with Crippen molar-refractivity contribution in [3.63, 3.8) is 0 Å². The first-order valence-corrected chi connectivity index (χ1v) is 12.3. The van der Waals surface area contributed by atoms with Crippen molar-refractivity contribution < 1.29 is 14.1 Å². The second-order valence-corrected chi connectivity index (χ2v) is 9.41. The highest BCUT2D eigenvalue weighted by Crippen LogP contribution is 2.29. The van der Waals surface area contributed by atoms with E-state index in [1.165, 1.54) is 12.8 Å². The van der Waals surface area contributed by atoms with Gasteiger partial charge in [-0.3, -0.25) is 24.3 Å². The zero-order chi connectivity index (χ0) is 23.9. The molecule has 0 aliphatic carbocycles. The average Bonchev–Trinajstić information content (AvgIpc) is 3.48. The Morgan fingerprint density at radius 2 is 1.68 bits per heavy atom. The van der Waals surface area contributed by atoms with Crippen LogP contribution in [-0.4, -0.2) is 90.6 Å². The lowest BCUT2D eigenvalue weighted by atomic mass is 10.1. The highest BCUT2D eigenvalue weighted by atomic mass is 35.5. The number of anilines is 1. The second kappa shape index (κ2) is 11.8. The number of likely N-dealkylation sites (tertiary alicyclic amines) is 1. The first kappa shape index (κ1) is 24.7. The van der Waals surface area contributed by atoms with Crippen molar-refractivity contribution in [2.24, 2.45) is 0 Å². The first-order valence-electron chi connectivity index (χ1n) is 11.9. The van der Waals surface area contributed by atoms with Gasteiger partial charge in [-0.15, -0.1) is 0 Å². The molecule has 184 valence electrons. The molecular weight excluding hydrogens is 456 g/mol. The van der Waals surface area contributed by atoms with Crippen LogP contribution in [0.4, 0.5) is 5.82 Å². The minimum Gasteiger partial charge on any atom is -0.360 e. The minimum atomic E-state index is -0.118. The summed E-state index contributed by atoms with van der Waals surface area (Å²) < 4.78 is 4.97. The van der Waals surface area contributed by atoms with Crippen LogP contribution in [0.1, 0.15) is 30.2 Å². The summed E-state index contributed by atoms with van der Waals surface area (Å²) in [5.74, 6) is 0.985. The third kappa shape index (κ3) is 6.79. The third-order valence-electron chi connectivity index (χ3n) is 6.43. The smallest absolute Gasteiger partial charge is 0.239 e. The Balaban J connectivity index is 1.20. The lowest BCUT2D eigenvalue weighted by molar-refractivity contribution is -0.123. The van der Waals surface area contributed by atoms with Gasteiger partial charge >= 0.3 is 0 Å². The molecular formula is C24H33ClN6O3. The maximum atomic E-state index is 12.7. The largest absolute Gasteiger partial charge is 0.360 e. The number of rotatable bonds is 9. The molecule has 2 aromatic rings. The van der Waals surface area contributed by atoms with Crippen molar-refractivity contribution in [1.29, 1.82) is 0 Å². The van der Waals surface area contributed by atoms with Crippen LogP contribution < -0.4 is 10.6 Å². The number of benzene rings is 1. The first-order chi connectivity index (χ1) is 16.5. The summed E-state index contributed by atoms with van der Waals surface area (Å²) in [5.41, 5.74) is 1.07. The van der Waals surface area contributed by atoms with Crippen molar-refractivity contribution >= 4 is 29.2 Å². The molecule has 10 heteroatoms. The highest BCUT2D eigenvalue weighted by Gasteiger charge is 2.26. The van der Waals surface area contributed by atoms with Crippen LogP contribution in [0, 0.1) is 6.92 Å². The van der Waals surface area contributed by atoms with E-state index in [0.717, 1.165) is 49.9 Å². The minimum absolute atomic E-state index is 0.0174. The number of carbonyl (C=O) groups excluding carboxylic acids is 2. The van der Waals surface area contributed by atoms with Crippen molar-refractivity contribution in [3.8, 4) is 0 Å². The number of aromatic nitrogens is 1. The number of nitrogens with zero attached hydrogens (tertiary/aromatic N) is 4. The predicted molar refractivity (Wildman–Crippen MR) is 131 cm³/mol. The summed E-state index contributed by atoms with van der Waals surface area (Å²) in [6.07, 6.45) is 2.35. The second-order valence-electron chi connectivity index (χ2n) is 9.01. The van der Waals surface area contributed by atoms with Crippen LogP contribution in [0.3, 0.4) is 0 Å². The third-order valence-corrected chi connectivity index (χ3v) is 6.78. The number of hydrogen-bond acceptors (Lipinski definition) is 7. The van der Waals surface area contributed by atoms with E-state index < -0.39 is 0 Å². The van der Waals surface area contributed by atoms with E-state index in [4.69, 9.17) is 16.1 Å². The van der Waals surface area contributed by atoms with Gasteiger partial charge in [0.15, 0.2) is 5.82 Å². The lowest BCUT2D eigenvalue weighted by Gasteiger charge is -2.34. The molecule has 2 aliphatic rings. The molecule has 2 N–H and O–H groups in total. The Bertz CT molecular complexity index is 969. The van der Waals surface area contributed by atoms with Crippen LogP contribution in [0.15, 0.2) is 34.9 Å². The van der Waals surface area contributed by atoms with Gasteiger partial charge in [-0.05, 0) is 44.5 Å². The van der Waals surface area contributed by atoms with E-state index in [2.05, 4.69) is 36.6 Å². The van der Waals surface area contributed by atoms with Crippen molar-refractivity contribution in [3.05, 3.63) is 46.7 Å². The molecule has 2 amide bonds. The predicted octanol–water partition coefficient (Wildman–Crippen LogP) is 2.15. The zero-order valence-corrected chi connectivity index (χ0v) is 20.4. The van der Waals surface area contributed by atoms with Crippen LogP contribution in [0.5, 0.6) is 0 Å². The maximum absolute atomic E-state index is 12.7. The van der Waals surface area contributed by atoms with Gasteiger partial charge in [0.1, 0.15) is 5.76 Å². The molecule has 2 aliphatic heterocycles. The van der Waals surface area contributed by atoms with Gasteiger partial charge < -0.3 is 15.2 Å². The number of halogens is 1. The quantitative estimate of drug-likeness (QED) is 0.558. The fourth-order valence-electron chi connectivity index (χ4n) is 4.62. The average molecular weight is 489 g/mol. The summed E-state index contributed by atoms with van der Waals surface area (Å²) in [7, 11) is 0. The van der Waals surface area contributed by atoms with E-state index in [1.54, 1.807) is 13.0 Å². The van der Waals surface area contributed by atoms with Gasteiger partial charge in [-0.25, -0.2) is 0 Å². The number of hydrogen-bond donors (Lipinski definition) is 2. The Morgan fingerprint density at radius 3 is 2.29 bits per heavy atom. The van der Waals surface area contributed by atoms with Gasteiger partial charge in [0.05, 0.1) is 19.1 Å². The lowest BCUT2D eigenvalue weighted by Crippen LogP contribution is -2.51. The topological polar surface area (TPSA) is 94.0 Å². The molecule has 1 aromatic heterocycles. The molecule has 3 heterocycles. The van der Waals surface area contributed by atoms with E-state index >= 15 is 0 Å². The number of amides is 2. The Hall–Kier alpha value is -2.46. The molecule has 34 heavy (non-hydrogen) atoms. The van der Waals surface area contributed by atoms with Gasteiger partial charge in [0.25, 0.3) is 0 Å². The van der Waals surface area contributed by atoms with Crippen LogP contribution in [0.25, 0.3) is 0 Å². The fraction of sp³-hybridized carbons (Fsp3) is 0.542. The van der Waals surface area contributed by atoms with Crippen molar-refractivity contribution in [2.45, 2.75) is 25.8 Å². The molecule has 9 nitrogen and oxygen atoms in total.